The lowest BCUT2D eigenvalue weighted by Crippen LogP contribution is -2.37. The Bertz CT molecular complexity index is 1140. The number of fused-ring (bicyclic) bond motifs is 1. The first-order valence-electron chi connectivity index (χ1n) is 9.17. The number of carbonyl (C=O) groups excluding carboxylic acids is 2. The van der Waals surface area contributed by atoms with Gasteiger partial charge in [-0.3, -0.25) is 14.5 Å². The molecule has 2 aromatic carbocycles. The molecule has 3 N–H and O–H groups in total. The lowest BCUT2D eigenvalue weighted by molar-refractivity contribution is 0.0928. The first kappa shape index (κ1) is 19.6. The van der Waals surface area contributed by atoms with Crippen LogP contribution in [-0.2, 0) is 0 Å². The maximum absolute atomic E-state index is 13.3. The van der Waals surface area contributed by atoms with Crippen LogP contribution in [0.1, 0.15) is 20.7 Å². The smallest absolute Gasteiger partial charge is 0.252 e. The van der Waals surface area contributed by atoms with E-state index in [2.05, 4.69) is 20.2 Å². The standard InChI is InChI=1S/C20H18F2N6O2/c21-15-3-1-12(7-16(15)22)20(30)26-10-27-5-6-28(11-27)17-4-2-13(19(23)29)18-14(17)8-24-9-25-18/h1-4,7-9H,5-6,10-11H2,(H2,23,29)(H,26,30). The molecule has 0 unspecified atom stereocenters. The van der Waals surface area contributed by atoms with Crippen molar-refractivity contribution in [3.63, 3.8) is 0 Å². The Balaban J connectivity index is 1.45. The molecule has 8 nitrogen and oxygen atoms in total. The van der Waals surface area contributed by atoms with E-state index in [1.165, 1.54) is 12.4 Å². The lowest BCUT2D eigenvalue weighted by Gasteiger charge is -2.22. The highest BCUT2D eigenvalue weighted by atomic mass is 19.2. The summed E-state index contributed by atoms with van der Waals surface area (Å²) in [6, 6.07) is 6.46. The summed E-state index contributed by atoms with van der Waals surface area (Å²) in [4.78, 5) is 36.1. The zero-order valence-corrected chi connectivity index (χ0v) is 15.8. The van der Waals surface area contributed by atoms with Crippen LogP contribution in [0.25, 0.3) is 10.9 Å². The van der Waals surface area contributed by atoms with Crippen LogP contribution in [0.2, 0.25) is 0 Å². The summed E-state index contributed by atoms with van der Waals surface area (Å²) in [6.45, 7) is 2.10. The molecule has 1 aliphatic rings. The summed E-state index contributed by atoms with van der Waals surface area (Å²) < 4.78 is 26.3. The second-order valence-corrected chi connectivity index (χ2v) is 6.87. The number of amides is 2. The van der Waals surface area contributed by atoms with Gasteiger partial charge in [-0.15, -0.1) is 0 Å². The molecule has 2 amide bonds. The highest BCUT2D eigenvalue weighted by molar-refractivity contribution is 6.08. The first-order valence-corrected chi connectivity index (χ1v) is 9.17. The van der Waals surface area contributed by atoms with Gasteiger partial charge in [0.2, 0.25) is 0 Å². The quantitative estimate of drug-likeness (QED) is 0.658. The normalized spacial score (nSPS) is 14.3. The maximum Gasteiger partial charge on any atom is 0.252 e. The molecule has 154 valence electrons. The number of anilines is 1. The highest BCUT2D eigenvalue weighted by Crippen LogP contribution is 2.29. The van der Waals surface area contributed by atoms with E-state index in [1.807, 2.05) is 4.90 Å². The fraction of sp³-hybridized carbons (Fsp3) is 0.200. The van der Waals surface area contributed by atoms with Crippen LogP contribution >= 0.6 is 0 Å². The summed E-state index contributed by atoms with van der Waals surface area (Å²) in [7, 11) is 0. The van der Waals surface area contributed by atoms with Crippen molar-refractivity contribution in [1.29, 1.82) is 0 Å². The van der Waals surface area contributed by atoms with Crippen LogP contribution in [0, 0.1) is 11.6 Å². The predicted octanol–water partition coefficient (Wildman–Crippen LogP) is 1.47. The third kappa shape index (κ3) is 3.77. The van der Waals surface area contributed by atoms with Gasteiger partial charge in [0.15, 0.2) is 11.6 Å². The number of primary amides is 1. The number of halogens is 2. The molecule has 0 bridgehead atoms. The Hall–Kier alpha value is -3.66. The van der Waals surface area contributed by atoms with Gasteiger partial charge in [0.25, 0.3) is 11.8 Å². The number of hydrogen-bond donors (Lipinski definition) is 2. The Morgan fingerprint density at radius 1 is 1.13 bits per heavy atom. The molecule has 0 atom stereocenters. The van der Waals surface area contributed by atoms with Crippen LogP contribution in [0.4, 0.5) is 14.5 Å². The molecular formula is C20H18F2N6O2. The summed E-state index contributed by atoms with van der Waals surface area (Å²) in [5, 5.41) is 3.42. The number of aromatic nitrogens is 2. The Labute approximate surface area is 170 Å². The van der Waals surface area contributed by atoms with Gasteiger partial charge in [0.05, 0.1) is 24.4 Å². The Kier molecular flexibility index (Phi) is 5.23. The van der Waals surface area contributed by atoms with Crippen LogP contribution in [0.15, 0.2) is 42.9 Å². The zero-order chi connectivity index (χ0) is 21.3. The largest absolute Gasteiger partial charge is 0.366 e. The van der Waals surface area contributed by atoms with Gasteiger partial charge in [-0.25, -0.2) is 18.7 Å². The lowest BCUT2D eigenvalue weighted by atomic mass is 10.1. The summed E-state index contributed by atoms with van der Waals surface area (Å²) in [5.74, 6) is -3.12. The van der Waals surface area contributed by atoms with Crippen LogP contribution in [0.3, 0.4) is 0 Å². The van der Waals surface area contributed by atoms with Gasteiger partial charge in [0.1, 0.15) is 6.33 Å². The van der Waals surface area contributed by atoms with Gasteiger partial charge < -0.3 is 16.0 Å². The van der Waals surface area contributed by atoms with E-state index in [0.717, 1.165) is 17.8 Å². The minimum absolute atomic E-state index is 0.0511. The molecule has 30 heavy (non-hydrogen) atoms. The third-order valence-corrected chi connectivity index (χ3v) is 4.96. The summed E-state index contributed by atoms with van der Waals surface area (Å²) in [5.41, 5.74) is 7.15. The van der Waals surface area contributed by atoms with Crippen molar-refractivity contribution in [2.24, 2.45) is 5.73 Å². The van der Waals surface area contributed by atoms with E-state index in [-0.39, 0.29) is 12.2 Å². The fourth-order valence-corrected chi connectivity index (χ4v) is 3.43. The molecule has 0 aliphatic carbocycles. The van der Waals surface area contributed by atoms with Crippen molar-refractivity contribution >= 4 is 28.4 Å². The van der Waals surface area contributed by atoms with E-state index in [9.17, 15) is 18.4 Å². The van der Waals surface area contributed by atoms with Gasteiger partial charge in [-0.05, 0) is 30.3 Å². The van der Waals surface area contributed by atoms with Crippen LogP contribution in [0.5, 0.6) is 0 Å². The van der Waals surface area contributed by atoms with Gasteiger partial charge in [-0.1, -0.05) is 0 Å². The minimum Gasteiger partial charge on any atom is -0.366 e. The van der Waals surface area contributed by atoms with Crippen molar-refractivity contribution in [3.8, 4) is 0 Å². The van der Waals surface area contributed by atoms with Gasteiger partial charge in [-0.2, -0.15) is 0 Å². The molecule has 0 radical (unpaired) electrons. The van der Waals surface area contributed by atoms with Gasteiger partial charge >= 0.3 is 0 Å². The molecule has 10 heteroatoms. The topological polar surface area (TPSA) is 104 Å². The molecule has 2 heterocycles. The average Bonchev–Trinajstić information content (AvgIpc) is 3.21. The first-order chi connectivity index (χ1) is 14.4. The van der Waals surface area contributed by atoms with Crippen molar-refractivity contribution in [2.45, 2.75) is 0 Å². The fourth-order valence-electron chi connectivity index (χ4n) is 3.43. The van der Waals surface area contributed by atoms with E-state index in [0.29, 0.717) is 36.2 Å². The van der Waals surface area contributed by atoms with Crippen molar-refractivity contribution < 1.29 is 18.4 Å². The Morgan fingerprint density at radius 3 is 2.73 bits per heavy atom. The van der Waals surface area contributed by atoms with E-state index in [1.54, 1.807) is 18.3 Å². The predicted molar refractivity (Wildman–Crippen MR) is 106 cm³/mol. The number of nitrogens with one attached hydrogen (secondary N) is 1. The molecular weight excluding hydrogens is 394 g/mol. The number of nitrogens with zero attached hydrogens (tertiary/aromatic N) is 4. The van der Waals surface area contributed by atoms with Crippen LogP contribution in [-0.4, -0.2) is 53.1 Å². The third-order valence-electron chi connectivity index (χ3n) is 4.96. The number of hydrogen-bond acceptors (Lipinski definition) is 6. The number of benzene rings is 2. The molecule has 0 spiro atoms. The van der Waals surface area contributed by atoms with Crippen molar-refractivity contribution in [1.82, 2.24) is 20.2 Å². The maximum atomic E-state index is 13.3. The van der Waals surface area contributed by atoms with E-state index < -0.39 is 23.4 Å². The second-order valence-electron chi connectivity index (χ2n) is 6.87. The Morgan fingerprint density at radius 2 is 1.97 bits per heavy atom. The number of carbonyl (C=O) groups is 2. The zero-order valence-electron chi connectivity index (χ0n) is 15.8. The molecule has 1 saturated heterocycles. The highest BCUT2D eigenvalue weighted by Gasteiger charge is 2.23. The molecule has 3 aromatic rings. The van der Waals surface area contributed by atoms with E-state index >= 15 is 0 Å². The number of nitrogens with two attached hydrogens (primary N) is 1. The van der Waals surface area contributed by atoms with Crippen molar-refractivity contribution in [3.05, 3.63) is 65.6 Å². The monoisotopic (exact) mass is 412 g/mol. The molecule has 1 aromatic heterocycles. The number of rotatable bonds is 5. The molecule has 1 fully saturated rings. The van der Waals surface area contributed by atoms with Crippen LogP contribution < -0.4 is 16.0 Å². The average molecular weight is 412 g/mol. The van der Waals surface area contributed by atoms with E-state index in [4.69, 9.17) is 5.73 Å². The second kappa shape index (κ2) is 7.99. The summed E-state index contributed by atoms with van der Waals surface area (Å²) in [6.07, 6.45) is 3.00. The summed E-state index contributed by atoms with van der Waals surface area (Å²) >= 11 is 0. The molecule has 1 aliphatic heterocycles. The minimum atomic E-state index is -1.07. The molecule has 0 saturated carbocycles. The van der Waals surface area contributed by atoms with Crippen molar-refractivity contribution in [2.75, 3.05) is 31.3 Å². The molecule has 4 rings (SSSR count). The SMILES string of the molecule is NC(=O)c1ccc(N2CCN(CNC(=O)c3ccc(F)c(F)c3)C2)c2cncnc12. The van der Waals surface area contributed by atoms with Gasteiger partial charge in [0, 0.05) is 35.9 Å².